The maximum Gasteiger partial charge on any atom is 0.282 e. The number of benzene rings is 3. The lowest BCUT2D eigenvalue weighted by atomic mass is 10.2. The second-order valence-electron chi connectivity index (χ2n) is 8.32. The molecular weight excluding hydrogens is 522 g/mol. The number of rotatable bonds is 7. The highest BCUT2D eigenvalue weighted by atomic mass is 79.9. The minimum Gasteiger partial charge on any atom is -0.496 e. The maximum absolute atomic E-state index is 13.6. The highest BCUT2D eigenvalue weighted by Crippen LogP contribution is 2.33. The van der Waals surface area contributed by atoms with E-state index in [2.05, 4.69) is 28.0 Å². The minimum absolute atomic E-state index is 0.0319. The van der Waals surface area contributed by atoms with Gasteiger partial charge in [-0.25, -0.2) is 4.98 Å². The van der Waals surface area contributed by atoms with Crippen LogP contribution in [0, 0.1) is 0 Å². The number of nitrogens with zero attached hydrogens (tertiary/aromatic N) is 3. The number of hydrogen-bond donors (Lipinski definition) is 0. The van der Waals surface area contributed by atoms with Gasteiger partial charge in [-0.05, 0) is 61.9 Å². The predicted octanol–water partition coefficient (Wildman–Crippen LogP) is 6.64. The molecule has 0 spiro atoms. The Morgan fingerprint density at radius 2 is 1.92 bits per heavy atom. The van der Waals surface area contributed by atoms with Crippen molar-refractivity contribution < 1.29 is 13.9 Å². The Hall–Kier alpha value is -3.91. The second-order valence-corrected chi connectivity index (χ2v) is 9.23. The van der Waals surface area contributed by atoms with Crippen LogP contribution < -0.4 is 15.0 Å². The summed E-state index contributed by atoms with van der Waals surface area (Å²) in [6.07, 6.45) is 2.50. The smallest absolute Gasteiger partial charge is 0.282 e. The van der Waals surface area contributed by atoms with Crippen LogP contribution in [0.2, 0.25) is 0 Å². The molecule has 0 aliphatic carbocycles. The first-order chi connectivity index (χ1) is 17.5. The summed E-state index contributed by atoms with van der Waals surface area (Å²) in [6, 6.07) is 20.2. The average molecular weight is 546 g/mol. The van der Waals surface area contributed by atoms with Crippen molar-refractivity contribution in [3.8, 4) is 23.1 Å². The topological polar surface area (TPSA) is 78.8 Å². The highest BCUT2D eigenvalue weighted by molar-refractivity contribution is 9.10. The molecular formula is C28H24BrN3O4. The lowest BCUT2D eigenvalue weighted by molar-refractivity contribution is 0.217. The molecule has 0 fully saturated rings. The number of hydrogen-bond acceptors (Lipinski definition) is 6. The molecule has 7 nitrogen and oxygen atoms in total. The van der Waals surface area contributed by atoms with E-state index in [-0.39, 0.29) is 17.5 Å². The summed E-state index contributed by atoms with van der Waals surface area (Å²) in [5.41, 5.74) is 1.60. The van der Waals surface area contributed by atoms with E-state index in [0.29, 0.717) is 33.7 Å². The molecule has 0 N–H and O–H groups in total. The van der Waals surface area contributed by atoms with Crippen molar-refractivity contribution in [1.29, 1.82) is 0 Å². The monoisotopic (exact) mass is 545 g/mol. The molecule has 2 aromatic heterocycles. The summed E-state index contributed by atoms with van der Waals surface area (Å²) in [5, 5.41) is 5.81. The molecule has 5 rings (SSSR count). The fourth-order valence-corrected chi connectivity index (χ4v) is 4.24. The summed E-state index contributed by atoms with van der Waals surface area (Å²) in [6.45, 7) is 4.07. The Morgan fingerprint density at radius 3 is 2.72 bits per heavy atom. The van der Waals surface area contributed by atoms with Crippen LogP contribution in [0.5, 0.6) is 11.5 Å². The van der Waals surface area contributed by atoms with E-state index in [1.807, 2.05) is 55.5 Å². The van der Waals surface area contributed by atoms with Gasteiger partial charge >= 0.3 is 0 Å². The first kappa shape index (κ1) is 23.8. The third kappa shape index (κ3) is 4.52. The third-order valence-corrected chi connectivity index (χ3v) is 6.40. The Kier molecular flexibility index (Phi) is 6.61. The van der Waals surface area contributed by atoms with E-state index < -0.39 is 0 Å². The van der Waals surface area contributed by atoms with Gasteiger partial charge in [-0.3, -0.25) is 4.79 Å². The Labute approximate surface area is 216 Å². The number of ether oxygens (including phenoxy) is 2. The quantitative estimate of drug-likeness (QED) is 0.214. The van der Waals surface area contributed by atoms with Gasteiger partial charge in [0.2, 0.25) is 5.82 Å². The van der Waals surface area contributed by atoms with Gasteiger partial charge in [-0.15, -0.1) is 0 Å². The van der Waals surface area contributed by atoms with Crippen molar-refractivity contribution >= 4 is 44.0 Å². The average Bonchev–Trinajstić information content (AvgIpc) is 3.33. The van der Waals surface area contributed by atoms with Crippen molar-refractivity contribution in [2.24, 2.45) is 5.10 Å². The number of aromatic nitrogens is 2. The molecule has 5 aromatic rings. The summed E-state index contributed by atoms with van der Waals surface area (Å²) in [7, 11) is 1.60. The first-order valence-corrected chi connectivity index (χ1v) is 12.4. The SMILES string of the molecule is CC[C@H](C)Oc1ccc(Br)cc1C=Nn1c(-c2cc3c(OC)cccc3o2)nc2ccccc2c1=O. The second kappa shape index (κ2) is 9.99. The van der Waals surface area contributed by atoms with Crippen LogP contribution >= 0.6 is 15.9 Å². The number of halogens is 1. The van der Waals surface area contributed by atoms with Crippen molar-refractivity contribution in [2.45, 2.75) is 26.4 Å². The van der Waals surface area contributed by atoms with Gasteiger partial charge in [0.1, 0.15) is 17.1 Å². The van der Waals surface area contributed by atoms with E-state index in [9.17, 15) is 4.79 Å². The molecule has 0 radical (unpaired) electrons. The summed E-state index contributed by atoms with van der Waals surface area (Å²) >= 11 is 3.51. The van der Waals surface area contributed by atoms with E-state index in [1.165, 1.54) is 4.68 Å². The van der Waals surface area contributed by atoms with E-state index in [0.717, 1.165) is 21.8 Å². The highest BCUT2D eigenvalue weighted by Gasteiger charge is 2.18. The molecule has 3 aromatic carbocycles. The molecule has 1 atom stereocenters. The van der Waals surface area contributed by atoms with Crippen molar-refractivity contribution in [3.63, 3.8) is 0 Å². The molecule has 0 aliphatic rings. The third-order valence-electron chi connectivity index (χ3n) is 5.90. The number of fused-ring (bicyclic) bond motifs is 2. The van der Waals surface area contributed by atoms with Crippen LogP contribution in [0.25, 0.3) is 33.5 Å². The van der Waals surface area contributed by atoms with Crippen LogP contribution in [-0.4, -0.2) is 29.1 Å². The van der Waals surface area contributed by atoms with Gasteiger partial charge in [0, 0.05) is 10.0 Å². The van der Waals surface area contributed by atoms with Gasteiger partial charge in [0.25, 0.3) is 5.56 Å². The molecule has 0 aliphatic heterocycles. The Morgan fingerprint density at radius 1 is 1.08 bits per heavy atom. The lowest BCUT2D eigenvalue weighted by Gasteiger charge is -2.15. The van der Waals surface area contributed by atoms with Crippen LogP contribution in [0.15, 0.2) is 85.5 Å². The largest absolute Gasteiger partial charge is 0.496 e. The van der Waals surface area contributed by atoms with Crippen molar-refractivity contribution in [3.05, 3.63) is 87.1 Å². The summed E-state index contributed by atoms with van der Waals surface area (Å²) < 4.78 is 19.8. The standard InChI is InChI=1S/C28H24BrN3O4/c1-4-17(2)35-23-13-12-19(29)14-18(23)16-30-32-27(31-22-9-6-5-8-20(22)28(32)33)26-15-21-24(34-3)10-7-11-25(21)36-26/h5-17H,4H2,1-3H3/t17-/m0/s1. The molecule has 2 heterocycles. The molecule has 0 amide bonds. The number of para-hydroxylation sites is 1. The van der Waals surface area contributed by atoms with Crippen LogP contribution in [0.4, 0.5) is 0 Å². The van der Waals surface area contributed by atoms with Crippen LogP contribution in [0.3, 0.4) is 0 Å². The van der Waals surface area contributed by atoms with Crippen molar-refractivity contribution in [1.82, 2.24) is 9.66 Å². The first-order valence-electron chi connectivity index (χ1n) is 11.6. The van der Waals surface area contributed by atoms with Gasteiger partial charge in [0.05, 0.1) is 35.7 Å². The normalized spacial score (nSPS) is 12.4. The molecule has 8 heteroatoms. The minimum atomic E-state index is -0.307. The zero-order valence-electron chi connectivity index (χ0n) is 20.1. The van der Waals surface area contributed by atoms with E-state index in [1.54, 1.807) is 31.5 Å². The zero-order valence-corrected chi connectivity index (χ0v) is 21.7. The molecule has 182 valence electrons. The summed E-state index contributed by atoms with van der Waals surface area (Å²) in [4.78, 5) is 18.3. The van der Waals surface area contributed by atoms with E-state index >= 15 is 0 Å². The lowest BCUT2D eigenvalue weighted by Crippen LogP contribution is -2.20. The summed E-state index contributed by atoms with van der Waals surface area (Å²) in [5.74, 6) is 2.03. The molecule has 36 heavy (non-hydrogen) atoms. The Bertz CT molecular complexity index is 1650. The molecule has 0 saturated heterocycles. The van der Waals surface area contributed by atoms with Gasteiger partial charge in [0.15, 0.2) is 5.76 Å². The zero-order chi connectivity index (χ0) is 25.2. The molecule has 0 saturated carbocycles. The number of furan rings is 1. The van der Waals surface area contributed by atoms with Crippen molar-refractivity contribution in [2.75, 3.05) is 7.11 Å². The van der Waals surface area contributed by atoms with Gasteiger partial charge in [-0.2, -0.15) is 9.78 Å². The Balaban J connectivity index is 1.70. The van der Waals surface area contributed by atoms with Crippen LogP contribution in [0.1, 0.15) is 25.8 Å². The van der Waals surface area contributed by atoms with E-state index in [4.69, 9.17) is 18.9 Å². The van der Waals surface area contributed by atoms with Gasteiger partial charge < -0.3 is 13.9 Å². The fourth-order valence-electron chi connectivity index (χ4n) is 3.86. The molecule has 0 unspecified atom stereocenters. The number of methoxy groups -OCH3 is 1. The fraction of sp³-hybridized carbons (Fsp3) is 0.179. The van der Waals surface area contributed by atoms with Gasteiger partial charge in [-0.1, -0.05) is 41.1 Å². The van der Waals surface area contributed by atoms with Crippen LogP contribution in [-0.2, 0) is 0 Å². The molecule has 0 bridgehead atoms. The maximum atomic E-state index is 13.6. The predicted molar refractivity (Wildman–Crippen MR) is 145 cm³/mol.